The first-order chi connectivity index (χ1) is 15.9. The Balaban J connectivity index is 1.34. The van der Waals surface area contributed by atoms with Crippen LogP contribution in [0, 0.1) is 23.5 Å². The minimum atomic E-state index is -0.566. The highest BCUT2D eigenvalue weighted by Gasteiger charge is 2.34. The number of carbonyl (C=O) groups is 1. The third-order valence-corrected chi connectivity index (χ3v) is 6.89. The molecule has 5 nitrogen and oxygen atoms in total. The Morgan fingerprint density at radius 3 is 2.85 bits per heavy atom. The van der Waals surface area contributed by atoms with E-state index in [0.717, 1.165) is 36.0 Å². The third kappa shape index (κ3) is 4.60. The summed E-state index contributed by atoms with van der Waals surface area (Å²) in [5, 5.41) is 0.923. The van der Waals surface area contributed by atoms with Gasteiger partial charge in [-0.25, -0.2) is 8.78 Å². The summed E-state index contributed by atoms with van der Waals surface area (Å²) in [5.74, 6) is -0.115. The van der Waals surface area contributed by atoms with E-state index >= 15 is 0 Å². The van der Waals surface area contributed by atoms with Crippen molar-refractivity contribution in [3.63, 3.8) is 0 Å². The molecule has 5 rings (SSSR count). The molecule has 0 bridgehead atoms. The molecule has 1 aliphatic heterocycles. The standard InChI is InChI=1S/C26H29F2N3O2/c1-15(8-17-11-30-24-7-4-18(27)9-21(17)24)12-31(13-16-2-3-16)19-10-22-20(26(29)32)5-6-23(28)25(22)33-14-19/h4-7,9,11,15-16,19,30H,2-3,8,10,12-14H2,1H3,(H2,29,32)/t15-,19+/m0/s1. The highest BCUT2D eigenvalue weighted by Crippen LogP contribution is 2.35. The molecule has 2 aliphatic rings. The maximum atomic E-state index is 14.3. The Bertz CT molecular complexity index is 1190. The van der Waals surface area contributed by atoms with Crippen molar-refractivity contribution in [2.24, 2.45) is 17.6 Å². The maximum Gasteiger partial charge on any atom is 0.249 e. The van der Waals surface area contributed by atoms with Crippen LogP contribution >= 0.6 is 0 Å². The van der Waals surface area contributed by atoms with Crippen molar-refractivity contribution in [2.75, 3.05) is 19.7 Å². The van der Waals surface area contributed by atoms with Crippen LogP contribution in [-0.4, -0.2) is 41.5 Å². The molecule has 1 amide bonds. The van der Waals surface area contributed by atoms with Gasteiger partial charge in [-0.1, -0.05) is 6.92 Å². The molecule has 0 radical (unpaired) electrons. The van der Waals surface area contributed by atoms with Crippen LogP contribution in [0.5, 0.6) is 5.75 Å². The molecular formula is C26H29F2N3O2. The van der Waals surface area contributed by atoms with Crippen LogP contribution in [-0.2, 0) is 12.8 Å². The van der Waals surface area contributed by atoms with Crippen LogP contribution in [0.1, 0.15) is 41.3 Å². The van der Waals surface area contributed by atoms with Gasteiger partial charge in [0.05, 0.1) is 0 Å². The zero-order valence-electron chi connectivity index (χ0n) is 18.7. The smallest absolute Gasteiger partial charge is 0.249 e. The van der Waals surface area contributed by atoms with Crippen molar-refractivity contribution in [1.29, 1.82) is 0 Å². The first-order valence-electron chi connectivity index (χ1n) is 11.6. The number of primary amides is 1. The molecule has 174 valence electrons. The van der Waals surface area contributed by atoms with Crippen molar-refractivity contribution < 1.29 is 18.3 Å². The first-order valence-corrected chi connectivity index (χ1v) is 11.6. The van der Waals surface area contributed by atoms with Crippen molar-refractivity contribution in [3.05, 3.63) is 64.9 Å². The zero-order chi connectivity index (χ0) is 23.1. The summed E-state index contributed by atoms with van der Waals surface area (Å²) < 4.78 is 33.9. The van der Waals surface area contributed by atoms with Crippen LogP contribution in [0.2, 0.25) is 0 Å². The molecule has 33 heavy (non-hydrogen) atoms. The van der Waals surface area contributed by atoms with Crippen molar-refractivity contribution >= 4 is 16.8 Å². The van der Waals surface area contributed by atoms with Gasteiger partial charge in [0.2, 0.25) is 5.91 Å². The maximum absolute atomic E-state index is 14.3. The van der Waals surface area contributed by atoms with E-state index in [-0.39, 0.29) is 17.6 Å². The summed E-state index contributed by atoms with van der Waals surface area (Å²) in [4.78, 5) is 17.6. The lowest BCUT2D eigenvalue weighted by Crippen LogP contribution is -2.46. The van der Waals surface area contributed by atoms with Crippen LogP contribution < -0.4 is 10.5 Å². The molecule has 1 aliphatic carbocycles. The van der Waals surface area contributed by atoms with Gasteiger partial charge in [0, 0.05) is 47.4 Å². The van der Waals surface area contributed by atoms with Gasteiger partial charge in [-0.3, -0.25) is 9.69 Å². The number of hydrogen-bond acceptors (Lipinski definition) is 3. The minimum absolute atomic E-state index is 0.0425. The van der Waals surface area contributed by atoms with Crippen LogP contribution in [0.3, 0.4) is 0 Å². The molecule has 7 heteroatoms. The Labute approximate surface area is 191 Å². The zero-order valence-corrected chi connectivity index (χ0v) is 18.7. The largest absolute Gasteiger partial charge is 0.489 e. The lowest BCUT2D eigenvalue weighted by atomic mass is 9.94. The van der Waals surface area contributed by atoms with E-state index < -0.39 is 11.7 Å². The SMILES string of the molecule is C[C@@H](Cc1c[nH]c2ccc(F)cc12)CN(CC1CC1)[C@H]1COc2c(F)ccc(C(N)=O)c2C1. The number of halogens is 2. The van der Waals surface area contributed by atoms with E-state index in [9.17, 15) is 13.6 Å². The van der Waals surface area contributed by atoms with Crippen LogP contribution in [0.15, 0.2) is 36.5 Å². The molecule has 1 saturated carbocycles. The van der Waals surface area contributed by atoms with E-state index in [1.165, 1.54) is 31.0 Å². The topological polar surface area (TPSA) is 71.3 Å². The molecule has 2 atom stereocenters. The van der Waals surface area contributed by atoms with Gasteiger partial charge in [0.15, 0.2) is 11.6 Å². The number of aromatic amines is 1. The Morgan fingerprint density at radius 2 is 2.09 bits per heavy atom. The lowest BCUT2D eigenvalue weighted by Gasteiger charge is -2.37. The number of H-pyrrole nitrogens is 1. The number of nitrogens with one attached hydrogen (secondary N) is 1. The number of rotatable bonds is 8. The number of nitrogens with two attached hydrogens (primary N) is 1. The lowest BCUT2D eigenvalue weighted by molar-refractivity contribution is 0.0944. The van der Waals surface area contributed by atoms with Gasteiger partial charge < -0.3 is 15.5 Å². The second-order valence-corrected chi connectivity index (χ2v) is 9.65. The normalized spacial score (nSPS) is 18.8. The van der Waals surface area contributed by atoms with Crippen molar-refractivity contribution in [2.45, 2.75) is 38.6 Å². The molecule has 2 aromatic carbocycles. The third-order valence-electron chi connectivity index (χ3n) is 6.89. The number of aromatic nitrogens is 1. The van der Waals surface area contributed by atoms with Gasteiger partial charge in [0.1, 0.15) is 12.4 Å². The number of benzene rings is 2. The molecule has 0 spiro atoms. The molecular weight excluding hydrogens is 424 g/mol. The second kappa shape index (κ2) is 8.78. The van der Waals surface area contributed by atoms with Gasteiger partial charge in [-0.05, 0) is 73.4 Å². The summed E-state index contributed by atoms with van der Waals surface area (Å²) in [5.41, 5.74) is 8.49. The molecule has 2 heterocycles. The molecule has 0 saturated heterocycles. The van der Waals surface area contributed by atoms with E-state index in [2.05, 4.69) is 16.8 Å². The number of ether oxygens (including phenoxy) is 1. The summed E-state index contributed by atoms with van der Waals surface area (Å²) in [6, 6.07) is 7.56. The minimum Gasteiger partial charge on any atom is -0.489 e. The molecule has 1 aromatic heterocycles. The number of amides is 1. The van der Waals surface area contributed by atoms with E-state index in [0.29, 0.717) is 36.0 Å². The number of carbonyl (C=O) groups excluding carboxylic acids is 1. The highest BCUT2D eigenvalue weighted by molar-refractivity contribution is 5.95. The molecule has 1 fully saturated rings. The van der Waals surface area contributed by atoms with Gasteiger partial charge in [0.25, 0.3) is 0 Å². The quantitative estimate of drug-likeness (QED) is 0.530. The molecule has 3 N–H and O–H groups in total. The number of nitrogens with zero attached hydrogens (tertiary/aromatic N) is 1. The summed E-state index contributed by atoms with van der Waals surface area (Å²) >= 11 is 0. The van der Waals surface area contributed by atoms with E-state index in [1.54, 1.807) is 12.1 Å². The number of fused-ring (bicyclic) bond motifs is 2. The predicted molar refractivity (Wildman–Crippen MR) is 123 cm³/mol. The molecule has 3 aromatic rings. The van der Waals surface area contributed by atoms with E-state index in [4.69, 9.17) is 10.5 Å². The predicted octanol–water partition coefficient (Wildman–Crippen LogP) is 4.44. The fraction of sp³-hybridized carbons (Fsp3) is 0.423. The summed E-state index contributed by atoms with van der Waals surface area (Å²) in [7, 11) is 0. The monoisotopic (exact) mass is 453 g/mol. The summed E-state index contributed by atoms with van der Waals surface area (Å²) in [6.45, 7) is 4.37. The fourth-order valence-corrected chi connectivity index (χ4v) is 5.06. The average Bonchev–Trinajstić information content (AvgIpc) is 3.53. The van der Waals surface area contributed by atoms with Gasteiger partial charge in [-0.2, -0.15) is 0 Å². The van der Waals surface area contributed by atoms with Gasteiger partial charge in [-0.15, -0.1) is 0 Å². The van der Waals surface area contributed by atoms with Crippen LogP contribution in [0.25, 0.3) is 10.9 Å². The summed E-state index contributed by atoms with van der Waals surface area (Å²) in [6.07, 6.45) is 5.75. The fourth-order valence-electron chi connectivity index (χ4n) is 5.06. The first kappa shape index (κ1) is 21.9. The van der Waals surface area contributed by atoms with Gasteiger partial charge >= 0.3 is 0 Å². The Kier molecular flexibility index (Phi) is 5.83. The second-order valence-electron chi connectivity index (χ2n) is 9.65. The van der Waals surface area contributed by atoms with E-state index in [1.807, 2.05) is 6.20 Å². The number of hydrogen-bond donors (Lipinski definition) is 2. The van der Waals surface area contributed by atoms with Crippen LogP contribution in [0.4, 0.5) is 8.78 Å². The Morgan fingerprint density at radius 1 is 1.27 bits per heavy atom. The highest BCUT2D eigenvalue weighted by atomic mass is 19.1. The van der Waals surface area contributed by atoms with Crippen molar-refractivity contribution in [1.82, 2.24) is 9.88 Å². The average molecular weight is 454 g/mol. The molecule has 0 unspecified atom stereocenters. The van der Waals surface area contributed by atoms with Crippen molar-refractivity contribution in [3.8, 4) is 5.75 Å². The Hall–Kier alpha value is -2.93.